The van der Waals surface area contributed by atoms with Gasteiger partial charge in [0, 0.05) is 0 Å². The van der Waals surface area contributed by atoms with Gasteiger partial charge in [-0.15, -0.1) is 10.2 Å². The van der Waals surface area contributed by atoms with Gasteiger partial charge in [-0.05, 0) is 52.7 Å². The van der Waals surface area contributed by atoms with E-state index in [1.54, 1.807) is 7.11 Å². The van der Waals surface area contributed by atoms with E-state index in [1.807, 2.05) is 25.1 Å². The first-order valence-electron chi connectivity index (χ1n) is 6.15. The lowest BCUT2D eigenvalue weighted by Gasteiger charge is -2.15. The van der Waals surface area contributed by atoms with Crippen LogP contribution in [0.3, 0.4) is 0 Å². The molecule has 1 unspecified atom stereocenters. The van der Waals surface area contributed by atoms with E-state index in [0.29, 0.717) is 0 Å². The summed E-state index contributed by atoms with van der Waals surface area (Å²) in [5.74, 6) is 0.430. The monoisotopic (exact) mass is 369 g/mol. The Hall–Kier alpha value is -1.66. The first kappa shape index (κ1) is 15.7. The summed E-state index contributed by atoms with van der Waals surface area (Å²) in [6, 6.07) is 8.50. The van der Waals surface area contributed by atoms with Gasteiger partial charge in [0.05, 0.1) is 17.6 Å². The molecule has 2 aromatic rings. The van der Waals surface area contributed by atoms with Gasteiger partial charge in [0.2, 0.25) is 0 Å². The maximum atomic E-state index is 12.1. The van der Waals surface area contributed by atoms with Crippen molar-refractivity contribution in [2.45, 2.75) is 13.0 Å². The Morgan fingerprint density at radius 1 is 1.33 bits per heavy atom. The molecule has 1 amide bonds. The molecule has 2 rings (SSSR count). The molecule has 0 spiro atoms. The van der Waals surface area contributed by atoms with Crippen LogP contribution in [-0.4, -0.2) is 23.2 Å². The SMILES string of the molecule is COc1ccc(C(C)NC(=O)c2ccc(Cl)nn2)cc1Br. The molecule has 7 heteroatoms. The van der Waals surface area contributed by atoms with Crippen LogP contribution in [0.5, 0.6) is 5.75 Å². The molecular weight excluding hydrogens is 358 g/mol. The van der Waals surface area contributed by atoms with Crippen LogP contribution in [-0.2, 0) is 0 Å². The molecule has 0 fully saturated rings. The van der Waals surface area contributed by atoms with Gasteiger partial charge >= 0.3 is 0 Å². The first-order chi connectivity index (χ1) is 10.0. The molecule has 1 N–H and O–H groups in total. The molecule has 0 aliphatic heterocycles. The van der Waals surface area contributed by atoms with Gasteiger partial charge in [-0.25, -0.2) is 0 Å². The zero-order valence-corrected chi connectivity index (χ0v) is 13.8. The highest BCUT2D eigenvalue weighted by Gasteiger charge is 2.14. The van der Waals surface area contributed by atoms with Crippen LogP contribution < -0.4 is 10.1 Å². The number of ether oxygens (including phenoxy) is 1. The van der Waals surface area contributed by atoms with Crippen molar-refractivity contribution in [3.05, 3.63) is 51.2 Å². The summed E-state index contributed by atoms with van der Waals surface area (Å²) in [5, 5.41) is 10.5. The Bertz CT molecular complexity index is 649. The van der Waals surface area contributed by atoms with Gasteiger partial charge in [-0.1, -0.05) is 17.7 Å². The van der Waals surface area contributed by atoms with Crippen molar-refractivity contribution in [3.63, 3.8) is 0 Å². The number of benzene rings is 1. The third kappa shape index (κ3) is 3.92. The molecule has 1 aromatic carbocycles. The minimum atomic E-state index is -0.307. The summed E-state index contributed by atoms with van der Waals surface area (Å²) >= 11 is 9.06. The van der Waals surface area contributed by atoms with Crippen molar-refractivity contribution in [1.82, 2.24) is 15.5 Å². The standard InChI is InChI=1S/C14H13BrClN3O2/c1-8(9-3-5-12(21-2)10(15)7-9)17-14(20)11-4-6-13(16)19-18-11/h3-8H,1-2H3,(H,17,20). The molecular formula is C14H13BrClN3O2. The van der Waals surface area contributed by atoms with E-state index in [-0.39, 0.29) is 22.8 Å². The molecule has 1 aromatic heterocycles. The fourth-order valence-corrected chi connectivity index (χ4v) is 2.40. The van der Waals surface area contributed by atoms with Gasteiger partial charge in [-0.2, -0.15) is 0 Å². The molecule has 0 radical (unpaired) electrons. The molecule has 0 bridgehead atoms. The number of carbonyl (C=O) groups excluding carboxylic acids is 1. The van der Waals surface area contributed by atoms with E-state index in [9.17, 15) is 4.79 Å². The summed E-state index contributed by atoms with van der Waals surface area (Å²) in [6.07, 6.45) is 0. The van der Waals surface area contributed by atoms with Gasteiger partial charge in [0.1, 0.15) is 5.75 Å². The number of nitrogens with zero attached hydrogens (tertiary/aromatic N) is 2. The van der Waals surface area contributed by atoms with Gasteiger partial charge in [0.25, 0.3) is 5.91 Å². The predicted molar refractivity (Wildman–Crippen MR) is 83.6 cm³/mol. The molecule has 0 saturated heterocycles. The molecule has 0 saturated carbocycles. The number of methoxy groups -OCH3 is 1. The largest absolute Gasteiger partial charge is 0.496 e. The second-order valence-electron chi connectivity index (χ2n) is 4.33. The molecule has 0 aliphatic carbocycles. The van der Waals surface area contributed by atoms with E-state index < -0.39 is 0 Å². The summed E-state index contributed by atoms with van der Waals surface area (Å²) in [5.41, 5.74) is 1.16. The second kappa shape index (κ2) is 6.87. The minimum absolute atomic E-state index is 0.183. The van der Waals surface area contributed by atoms with Crippen molar-refractivity contribution >= 4 is 33.4 Å². The van der Waals surface area contributed by atoms with Crippen LogP contribution in [0.2, 0.25) is 5.15 Å². The highest BCUT2D eigenvalue weighted by atomic mass is 79.9. The number of amides is 1. The number of halogens is 2. The predicted octanol–water partition coefficient (Wildman–Crippen LogP) is 3.39. The van der Waals surface area contributed by atoms with E-state index in [4.69, 9.17) is 16.3 Å². The number of hydrogen-bond donors (Lipinski definition) is 1. The molecule has 5 nitrogen and oxygen atoms in total. The summed E-state index contributed by atoms with van der Waals surface area (Å²) in [4.78, 5) is 12.1. The molecule has 110 valence electrons. The average Bonchev–Trinajstić information content (AvgIpc) is 2.47. The summed E-state index contributed by atoms with van der Waals surface area (Å²) in [7, 11) is 1.60. The molecule has 1 heterocycles. The number of carbonyl (C=O) groups is 1. The summed E-state index contributed by atoms with van der Waals surface area (Å²) in [6.45, 7) is 1.88. The zero-order chi connectivity index (χ0) is 15.4. The Morgan fingerprint density at radius 2 is 2.10 bits per heavy atom. The van der Waals surface area contributed by atoms with Crippen LogP contribution in [0, 0.1) is 0 Å². The zero-order valence-electron chi connectivity index (χ0n) is 11.4. The molecule has 21 heavy (non-hydrogen) atoms. The normalized spacial score (nSPS) is 11.8. The lowest BCUT2D eigenvalue weighted by Crippen LogP contribution is -2.27. The van der Waals surface area contributed by atoms with Crippen LogP contribution in [0.1, 0.15) is 29.0 Å². The topological polar surface area (TPSA) is 64.1 Å². The number of nitrogens with one attached hydrogen (secondary N) is 1. The van der Waals surface area contributed by atoms with Gasteiger partial charge in [-0.3, -0.25) is 4.79 Å². The van der Waals surface area contributed by atoms with E-state index in [2.05, 4.69) is 31.4 Å². The maximum Gasteiger partial charge on any atom is 0.272 e. The lowest BCUT2D eigenvalue weighted by molar-refractivity contribution is 0.0934. The van der Waals surface area contributed by atoms with E-state index >= 15 is 0 Å². The van der Waals surface area contributed by atoms with Crippen LogP contribution in [0.25, 0.3) is 0 Å². The minimum Gasteiger partial charge on any atom is -0.496 e. The highest BCUT2D eigenvalue weighted by Crippen LogP contribution is 2.28. The number of rotatable bonds is 4. The number of aromatic nitrogens is 2. The van der Waals surface area contributed by atoms with Crippen molar-refractivity contribution < 1.29 is 9.53 Å². The fourth-order valence-electron chi connectivity index (χ4n) is 1.74. The van der Waals surface area contributed by atoms with E-state index in [1.165, 1.54) is 12.1 Å². The fraction of sp³-hybridized carbons (Fsp3) is 0.214. The van der Waals surface area contributed by atoms with E-state index in [0.717, 1.165) is 15.8 Å². The van der Waals surface area contributed by atoms with Gasteiger partial charge in [0.15, 0.2) is 10.8 Å². The van der Waals surface area contributed by atoms with Crippen molar-refractivity contribution in [1.29, 1.82) is 0 Å². The number of hydrogen-bond acceptors (Lipinski definition) is 4. The Balaban J connectivity index is 2.10. The third-order valence-corrected chi connectivity index (χ3v) is 3.71. The second-order valence-corrected chi connectivity index (χ2v) is 5.57. The van der Waals surface area contributed by atoms with Gasteiger partial charge < -0.3 is 10.1 Å². The van der Waals surface area contributed by atoms with Crippen LogP contribution in [0.4, 0.5) is 0 Å². The first-order valence-corrected chi connectivity index (χ1v) is 7.32. The maximum absolute atomic E-state index is 12.1. The smallest absolute Gasteiger partial charge is 0.272 e. The third-order valence-electron chi connectivity index (χ3n) is 2.89. The van der Waals surface area contributed by atoms with Crippen molar-refractivity contribution in [2.24, 2.45) is 0 Å². The van der Waals surface area contributed by atoms with Crippen LogP contribution in [0.15, 0.2) is 34.8 Å². The Kier molecular flexibility index (Phi) is 5.14. The molecule has 1 atom stereocenters. The lowest BCUT2D eigenvalue weighted by atomic mass is 10.1. The Labute approximate surface area is 135 Å². The average molecular weight is 371 g/mol. The highest BCUT2D eigenvalue weighted by molar-refractivity contribution is 9.10. The van der Waals surface area contributed by atoms with Crippen LogP contribution >= 0.6 is 27.5 Å². The van der Waals surface area contributed by atoms with Crippen molar-refractivity contribution in [2.75, 3.05) is 7.11 Å². The summed E-state index contributed by atoms with van der Waals surface area (Å²) < 4.78 is 6.00. The Morgan fingerprint density at radius 3 is 2.67 bits per heavy atom. The van der Waals surface area contributed by atoms with Crippen molar-refractivity contribution in [3.8, 4) is 5.75 Å². The molecule has 0 aliphatic rings. The quantitative estimate of drug-likeness (QED) is 0.896.